The van der Waals surface area contributed by atoms with Gasteiger partial charge in [-0.15, -0.1) is 0 Å². The molecule has 0 atom stereocenters. The first kappa shape index (κ1) is 23.5. The Hall–Kier alpha value is -0.530. The van der Waals surface area contributed by atoms with E-state index in [0.717, 1.165) is 11.0 Å². The Bertz CT molecular complexity index is 397. The van der Waals surface area contributed by atoms with Gasteiger partial charge in [-0.05, 0) is 19.8 Å². The highest BCUT2D eigenvalue weighted by molar-refractivity contribution is 5.20. The maximum absolute atomic E-state index is 2.37. The number of hydrogen-bond acceptors (Lipinski definition) is 0. The molecule has 0 bridgehead atoms. The Morgan fingerprint density at radius 1 is 0.708 bits per heavy atom. The summed E-state index contributed by atoms with van der Waals surface area (Å²) in [5.74, 6) is 0. The van der Waals surface area contributed by atoms with E-state index in [1.54, 1.807) is 0 Å². The van der Waals surface area contributed by atoms with Crippen LogP contribution < -0.4 is 12.4 Å². The molecular formula is C22H40ClN. The Kier molecular flexibility index (Phi) is 13.4. The molecule has 0 heterocycles. The van der Waals surface area contributed by atoms with Crippen molar-refractivity contribution < 1.29 is 16.9 Å². The van der Waals surface area contributed by atoms with E-state index < -0.39 is 0 Å². The number of quaternary nitrogens is 1. The molecule has 0 aliphatic heterocycles. The maximum atomic E-state index is 2.37. The van der Waals surface area contributed by atoms with Crippen LogP contribution in [-0.4, -0.2) is 25.1 Å². The van der Waals surface area contributed by atoms with Crippen molar-refractivity contribution in [1.82, 2.24) is 0 Å². The SMILES string of the molecule is CCCCCCCCCCCC[N+](C)(C)Cc1ccc(C)cc1.[Cl-]. The monoisotopic (exact) mass is 353 g/mol. The summed E-state index contributed by atoms with van der Waals surface area (Å²) in [7, 11) is 4.74. The molecule has 24 heavy (non-hydrogen) atoms. The number of unbranched alkanes of at least 4 members (excludes halogenated alkanes) is 9. The van der Waals surface area contributed by atoms with Crippen molar-refractivity contribution >= 4 is 0 Å². The van der Waals surface area contributed by atoms with Gasteiger partial charge in [0.1, 0.15) is 6.54 Å². The number of halogens is 1. The first-order valence-corrected chi connectivity index (χ1v) is 9.91. The molecule has 1 aromatic carbocycles. The fraction of sp³-hybridized carbons (Fsp3) is 0.727. The molecule has 0 N–H and O–H groups in total. The second-order valence-electron chi connectivity index (χ2n) is 7.99. The average molecular weight is 354 g/mol. The van der Waals surface area contributed by atoms with E-state index in [1.807, 2.05) is 0 Å². The summed E-state index contributed by atoms with van der Waals surface area (Å²) < 4.78 is 1.11. The van der Waals surface area contributed by atoms with Crippen LogP contribution in [0.3, 0.4) is 0 Å². The molecule has 0 aliphatic carbocycles. The van der Waals surface area contributed by atoms with Crippen LogP contribution in [0.25, 0.3) is 0 Å². The minimum absolute atomic E-state index is 0. The van der Waals surface area contributed by atoms with Crippen molar-refractivity contribution in [1.29, 1.82) is 0 Å². The maximum Gasteiger partial charge on any atom is 0.104 e. The summed E-state index contributed by atoms with van der Waals surface area (Å²) in [4.78, 5) is 0. The predicted molar refractivity (Wildman–Crippen MR) is 104 cm³/mol. The molecule has 0 unspecified atom stereocenters. The van der Waals surface area contributed by atoms with Crippen molar-refractivity contribution in [2.45, 2.75) is 84.6 Å². The minimum atomic E-state index is 0. The number of nitrogens with zero attached hydrogens (tertiary/aromatic N) is 1. The van der Waals surface area contributed by atoms with Crippen LogP contribution in [0.15, 0.2) is 24.3 Å². The molecule has 140 valence electrons. The summed E-state index contributed by atoms with van der Waals surface area (Å²) in [6.45, 7) is 6.90. The average Bonchev–Trinajstić information content (AvgIpc) is 2.51. The van der Waals surface area contributed by atoms with E-state index in [0.29, 0.717) is 0 Å². The lowest BCUT2D eigenvalue weighted by Crippen LogP contribution is -3.00. The summed E-state index contributed by atoms with van der Waals surface area (Å²) in [5.41, 5.74) is 2.82. The lowest BCUT2D eigenvalue weighted by atomic mass is 10.1. The van der Waals surface area contributed by atoms with Crippen LogP contribution >= 0.6 is 0 Å². The highest BCUT2D eigenvalue weighted by Crippen LogP contribution is 2.14. The summed E-state index contributed by atoms with van der Waals surface area (Å²) in [6.07, 6.45) is 14.2. The fourth-order valence-corrected chi connectivity index (χ4v) is 3.29. The first-order chi connectivity index (χ1) is 11.0. The van der Waals surface area contributed by atoms with Gasteiger partial charge in [-0.3, -0.25) is 0 Å². The molecule has 0 aromatic heterocycles. The zero-order valence-corrected chi connectivity index (χ0v) is 17.4. The van der Waals surface area contributed by atoms with Crippen molar-refractivity contribution in [3.05, 3.63) is 35.4 Å². The van der Waals surface area contributed by atoms with Gasteiger partial charge in [-0.2, -0.15) is 0 Å². The Morgan fingerprint density at radius 2 is 1.17 bits per heavy atom. The van der Waals surface area contributed by atoms with Crippen LogP contribution in [-0.2, 0) is 6.54 Å². The van der Waals surface area contributed by atoms with Gasteiger partial charge in [-0.1, -0.05) is 88.1 Å². The quantitative estimate of drug-likeness (QED) is 0.376. The van der Waals surface area contributed by atoms with Crippen LogP contribution in [0.5, 0.6) is 0 Å². The Morgan fingerprint density at radius 3 is 1.67 bits per heavy atom. The van der Waals surface area contributed by atoms with E-state index in [1.165, 1.54) is 81.9 Å². The van der Waals surface area contributed by atoms with Crippen molar-refractivity contribution in [3.63, 3.8) is 0 Å². The van der Waals surface area contributed by atoms with Gasteiger partial charge in [0.25, 0.3) is 0 Å². The van der Waals surface area contributed by atoms with Gasteiger partial charge in [0, 0.05) is 5.56 Å². The summed E-state index contributed by atoms with van der Waals surface area (Å²) in [6, 6.07) is 9.04. The van der Waals surface area contributed by atoms with E-state index in [-0.39, 0.29) is 12.4 Å². The number of rotatable bonds is 13. The van der Waals surface area contributed by atoms with Gasteiger partial charge in [0.15, 0.2) is 0 Å². The first-order valence-electron chi connectivity index (χ1n) is 9.91. The largest absolute Gasteiger partial charge is 1.00 e. The summed E-state index contributed by atoms with van der Waals surface area (Å²) >= 11 is 0. The van der Waals surface area contributed by atoms with Gasteiger partial charge in [0.2, 0.25) is 0 Å². The van der Waals surface area contributed by atoms with Crippen LogP contribution in [0, 0.1) is 6.92 Å². The second-order valence-corrected chi connectivity index (χ2v) is 7.99. The highest BCUT2D eigenvalue weighted by atomic mass is 35.5. The zero-order chi connectivity index (χ0) is 17.0. The highest BCUT2D eigenvalue weighted by Gasteiger charge is 2.15. The third-order valence-electron chi connectivity index (χ3n) is 4.85. The minimum Gasteiger partial charge on any atom is -1.00 e. The number of aryl methyl sites for hydroxylation is 1. The van der Waals surface area contributed by atoms with E-state index in [9.17, 15) is 0 Å². The van der Waals surface area contributed by atoms with Crippen LogP contribution in [0.4, 0.5) is 0 Å². The molecule has 0 radical (unpaired) electrons. The predicted octanol–water partition coefficient (Wildman–Crippen LogP) is 3.50. The molecule has 1 rings (SSSR count). The number of benzene rings is 1. The third kappa shape index (κ3) is 11.9. The zero-order valence-electron chi connectivity index (χ0n) is 16.6. The standard InChI is InChI=1S/C22H40N.ClH/c1-5-6-7-8-9-10-11-12-13-14-19-23(3,4)20-22-17-15-21(2)16-18-22;/h15-18H,5-14,19-20H2,1-4H3;1H/q+1;/p-1. The Balaban J connectivity index is 0.00000529. The lowest BCUT2D eigenvalue weighted by Gasteiger charge is -2.30. The molecule has 0 spiro atoms. The third-order valence-corrected chi connectivity index (χ3v) is 4.85. The number of hydrogen-bond donors (Lipinski definition) is 0. The topological polar surface area (TPSA) is 0 Å². The molecule has 0 amide bonds. The normalized spacial score (nSPS) is 11.3. The molecule has 0 saturated carbocycles. The molecular weight excluding hydrogens is 314 g/mol. The van der Waals surface area contributed by atoms with Crippen molar-refractivity contribution in [2.75, 3.05) is 20.6 Å². The second kappa shape index (κ2) is 13.7. The summed E-state index contributed by atoms with van der Waals surface area (Å²) in [5, 5.41) is 0. The van der Waals surface area contributed by atoms with Crippen LogP contribution in [0.2, 0.25) is 0 Å². The smallest absolute Gasteiger partial charge is 0.104 e. The van der Waals surface area contributed by atoms with E-state index >= 15 is 0 Å². The molecule has 1 nitrogen and oxygen atoms in total. The molecule has 0 fully saturated rings. The van der Waals surface area contributed by atoms with E-state index in [2.05, 4.69) is 52.2 Å². The molecule has 1 aromatic rings. The van der Waals surface area contributed by atoms with Gasteiger partial charge < -0.3 is 16.9 Å². The fourth-order valence-electron chi connectivity index (χ4n) is 3.29. The lowest BCUT2D eigenvalue weighted by molar-refractivity contribution is -0.903. The van der Waals surface area contributed by atoms with Gasteiger partial charge in [0.05, 0.1) is 20.6 Å². The molecule has 2 heteroatoms. The van der Waals surface area contributed by atoms with Crippen LogP contribution in [0.1, 0.15) is 82.3 Å². The molecule has 0 saturated heterocycles. The molecule has 0 aliphatic rings. The van der Waals surface area contributed by atoms with Crippen molar-refractivity contribution in [3.8, 4) is 0 Å². The van der Waals surface area contributed by atoms with Gasteiger partial charge in [-0.25, -0.2) is 0 Å². The van der Waals surface area contributed by atoms with Gasteiger partial charge >= 0.3 is 0 Å². The van der Waals surface area contributed by atoms with E-state index in [4.69, 9.17) is 0 Å². The Labute approximate surface area is 157 Å². The van der Waals surface area contributed by atoms with Crippen molar-refractivity contribution in [2.24, 2.45) is 0 Å².